The summed E-state index contributed by atoms with van der Waals surface area (Å²) < 4.78 is 0. The quantitative estimate of drug-likeness (QED) is 0.144. The molecule has 0 aromatic heterocycles. The number of hydrogen-bond donors (Lipinski definition) is 0. The monoisotopic (exact) mass is 867 g/mol. The lowest BCUT2D eigenvalue weighted by Crippen LogP contribution is -2.22. The minimum Gasteiger partial charge on any atom is -0.309 e. The predicted octanol–water partition coefficient (Wildman–Crippen LogP) is 18.1. The fourth-order valence-electron chi connectivity index (χ4n) is 12.1. The van der Waals surface area contributed by atoms with Gasteiger partial charge >= 0.3 is 0 Å². The van der Waals surface area contributed by atoms with Gasteiger partial charge in [0.25, 0.3) is 0 Å². The van der Waals surface area contributed by atoms with E-state index in [1.54, 1.807) is 0 Å². The first-order valence-corrected chi connectivity index (χ1v) is 23.9. The van der Waals surface area contributed by atoms with Crippen LogP contribution >= 0.6 is 0 Å². The van der Waals surface area contributed by atoms with E-state index in [0.717, 1.165) is 17.1 Å². The fourth-order valence-corrected chi connectivity index (χ4v) is 12.1. The maximum absolute atomic E-state index is 2.51. The van der Waals surface area contributed by atoms with E-state index >= 15 is 0 Å². The third-order valence-electron chi connectivity index (χ3n) is 15.4. The summed E-state index contributed by atoms with van der Waals surface area (Å²) in [6, 6.07) is 90.3. The maximum atomic E-state index is 2.51. The highest BCUT2D eigenvalue weighted by Gasteiger charge is 2.41. The molecule has 11 aromatic rings. The molecule has 0 radical (unpaired) electrons. The van der Waals surface area contributed by atoms with Gasteiger partial charge in [-0.2, -0.15) is 0 Å². The van der Waals surface area contributed by atoms with Gasteiger partial charge in [0.05, 0.1) is 11.4 Å². The molecular formula is C67H49N. The zero-order chi connectivity index (χ0) is 45.6. The van der Waals surface area contributed by atoms with Gasteiger partial charge in [-0.25, -0.2) is 0 Å². The van der Waals surface area contributed by atoms with Crippen LogP contribution in [0.4, 0.5) is 17.1 Å². The average molecular weight is 868 g/mol. The summed E-state index contributed by atoms with van der Waals surface area (Å²) in [6.45, 7) is 7.17. The van der Waals surface area contributed by atoms with E-state index in [4.69, 9.17) is 0 Å². The Morgan fingerprint density at radius 3 is 1.57 bits per heavy atom. The molecule has 2 aliphatic carbocycles. The van der Waals surface area contributed by atoms with Gasteiger partial charge in [0.15, 0.2) is 0 Å². The Bertz CT molecular complexity index is 3780. The van der Waals surface area contributed by atoms with Crippen molar-refractivity contribution in [1.82, 2.24) is 0 Å². The molecule has 11 aromatic carbocycles. The number of nitrogens with zero attached hydrogens (tertiary/aromatic N) is 1. The van der Waals surface area contributed by atoms with Gasteiger partial charge in [0.1, 0.15) is 0 Å². The van der Waals surface area contributed by atoms with Crippen LogP contribution < -0.4 is 4.90 Å². The molecule has 0 bridgehead atoms. The first-order chi connectivity index (χ1) is 33.4. The molecular weight excluding hydrogens is 819 g/mol. The molecule has 0 spiro atoms. The molecule has 0 saturated heterocycles. The van der Waals surface area contributed by atoms with Crippen molar-refractivity contribution in [2.45, 2.75) is 31.6 Å². The van der Waals surface area contributed by atoms with Crippen LogP contribution in [0.2, 0.25) is 0 Å². The maximum Gasteiger partial charge on any atom is 0.0540 e. The number of para-hydroxylation sites is 2. The molecule has 0 saturated carbocycles. The van der Waals surface area contributed by atoms with Crippen LogP contribution in [0.25, 0.3) is 77.2 Å². The van der Waals surface area contributed by atoms with Crippen LogP contribution in [0.3, 0.4) is 0 Å². The van der Waals surface area contributed by atoms with E-state index < -0.39 is 0 Å². The second kappa shape index (κ2) is 15.4. The van der Waals surface area contributed by atoms with Crippen molar-refractivity contribution >= 4 is 38.6 Å². The molecule has 1 unspecified atom stereocenters. The van der Waals surface area contributed by atoms with Gasteiger partial charge in [-0.1, -0.05) is 226 Å². The molecule has 0 fully saturated rings. The first kappa shape index (κ1) is 40.1. The lowest BCUT2D eigenvalue weighted by molar-refractivity contribution is 0.662. The van der Waals surface area contributed by atoms with E-state index in [1.165, 1.54) is 105 Å². The fraction of sp³-hybridized carbons (Fsp3) is 0.0746. The molecule has 1 nitrogen and oxygen atoms in total. The van der Waals surface area contributed by atoms with Gasteiger partial charge in [0, 0.05) is 27.6 Å². The second-order valence-electron chi connectivity index (χ2n) is 19.3. The zero-order valence-corrected chi connectivity index (χ0v) is 38.5. The molecule has 0 aliphatic heterocycles. The SMILES string of the molecule is CC1(C)c2ccccc2-c2cccc(-c3ccccc3N(c3ccc(-c4ccc5c(c4)C(C)(c4ccccc4)c4ccccc4-5)cc3)c3ccccc3-c3cccc4c3ccc3ccccc34)c21. The molecule has 13 rings (SSSR count). The molecule has 1 heteroatoms. The van der Waals surface area contributed by atoms with Crippen molar-refractivity contribution in [1.29, 1.82) is 0 Å². The van der Waals surface area contributed by atoms with Crippen molar-refractivity contribution in [2.24, 2.45) is 0 Å². The molecule has 68 heavy (non-hydrogen) atoms. The summed E-state index contributed by atoms with van der Waals surface area (Å²) in [5.41, 5.74) is 22.2. The third-order valence-corrected chi connectivity index (χ3v) is 15.4. The number of hydrogen-bond acceptors (Lipinski definition) is 1. The Morgan fingerprint density at radius 1 is 0.309 bits per heavy atom. The van der Waals surface area contributed by atoms with E-state index in [1.807, 2.05) is 0 Å². The lowest BCUT2D eigenvalue weighted by atomic mass is 9.74. The van der Waals surface area contributed by atoms with E-state index in [2.05, 4.69) is 268 Å². The summed E-state index contributed by atoms with van der Waals surface area (Å²) in [5.74, 6) is 0. The minimum absolute atomic E-state index is 0.181. The molecule has 0 N–H and O–H groups in total. The number of benzene rings is 11. The first-order valence-electron chi connectivity index (χ1n) is 23.9. The number of anilines is 3. The summed E-state index contributed by atoms with van der Waals surface area (Å²) in [6.07, 6.45) is 0. The largest absolute Gasteiger partial charge is 0.309 e. The van der Waals surface area contributed by atoms with Crippen molar-refractivity contribution in [2.75, 3.05) is 4.90 Å². The highest BCUT2D eigenvalue weighted by molar-refractivity contribution is 6.13. The summed E-state index contributed by atoms with van der Waals surface area (Å²) in [4.78, 5) is 2.51. The molecule has 0 heterocycles. The van der Waals surface area contributed by atoms with Gasteiger partial charge in [0.2, 0.25) is 0 Å². The molecule has 2 aliphatic rings. The van der Waals surface area contributed by atoms with Gasteiger partial charge in [-0.05, 0) is 131 Å². The molecule has 1 atom stereocenters. The Labute approximate surface area is 399 Å². The molecule has 0 amide bonds. The van der Waals surface area contributed by atoms with Crippen LogP contribution in [0, 0.1) is 0 Å². The number of rotatable bonds is 7. The predicted molar refractivity (Wildman–Crippen MR) is 287 cm³/mol. The van der Waals surface area contributed by atoms with Gasteiger partial charge < -0.3 is 4.90 Å². The number of fused-ring (bicyclic) bond motifs is 9. The topological polar surface area (TPSA) is 3.24 Å². The van der Waals surface area contributed by atoms with Crippen LogP contribution in [-0.4, -0.2) is 0 Å². The summed E-state index contributed by atoms with van der Waals surface area (Å²) >= 11 is 0. The second-order valence-corrected chi connectivity index (χ2v) is 19.3. The van der Waals surface area contributed by atoms with Crippen LogP contribution in [-0.2, 0) is 10.8 Å². The van der Waals surface area contributed by atoms with Crippen LogP contribution in [0.15, 0.2) is 243 Å². The third kappa shape index (κ3) is 5.95. The zero-order valence-electron chi connectivity index (χ0n) is 38.5. The highest BCUT2D eigenvalue weighted by Crippen LogP contribution is 2.56. The Balaban J connectivity index is 1.00. The van der Waals surface area contributed by atoms with E-state index in [-0.39, 0.29) is 10.8 Å². The molecule has 322 valence electrons. The standard InChI is InChI=1S/C67H49N/c1-66(2)60-31-13-9-24-54(60)58-29-18-30-59(65(58)66)57-26-12-16-34-64(57)68(63-33-15-11-25-56(63)51-28-17-27-50-49-22-8-7-19-45(49)37-41-52(50)51)48-39-35-44(36-40-48)46-38-42-55-53-23-10-14-32-61(53)67(3,62(55)43-46)47-20-5-4-6-21-47/h4-43H,1-3H3. The van der Waals surface area contributed by atoms with Gasteiger partial charge in [-0.3, -0.25) is 0 Å². The lowest BCUT2D eigenvalue weighted by Gasteiger charge is -2.32. The van der Waals surface area contributed by atoms with Crippen LogP contribution in [0.5, 0.6) is 0 Å². The van der Waals surface area contributed by atoms with E-state index in [0.29, 0.717) is 0 Å². The normalized spacial score (nSPS) is 15.2. The van der Waals surface area contributed by atoms with Crippen LogP contribution in [0.1, 0.15) is 48.6 Å². The van der Waals surface area contributed by atoms with Crippen molar-refractivity contribution in [3.8, 4) is 55.6 Å². The van der Waals surface area contributed by atoms with Crippen molar-refractivity contribution in [3.05, 3.63) is 270 Å². The smallest absolute Gasteiger partial charge is 0.0540 e. The van der Waals surface area contributed by atoms with Crippen molar-refractivity contribution < 1.29 is 0 Å². The van der Waals surface area contributed by atoms with E-state index in [9.17, 15) is 0 Å². The Kier molecular flexibility index (Phi) is 9.07. The Hall–Kier alpha value is -8.26. The summed E-state index contributed by atoms with van der Waals surface area (Å²) in [7, 11) is 0. The average Bonchev–Trinajstić information content (AvgIpc) is 3.80. The summed E-state index contributed by atoms with van der Waals surface area (Å²) in [5, 5.41) is 5.01. The van der Waals surface area contributed by atoms with Crippen molar-refractivity contribution in [3.63, 3.8) is 0 Å². The highest BCUT2D eigenvalue weighted by atomic mass is 15.1. The Morgan fingerprint density at radius 2 is 0.824 bits per heavy atom. The van der Waals surface area contributed by atoms with Gasteiger partial charge in [-0.15, -0.1) is 0 Å². The minimum atomic E-state index is -0.269.